The lowest BCUT2D eigenvalue weighted by Gasteiger charge is -2.26. The second-order valence-corrected chi connectivity index (χ2v) is 4.95. The minimum Gasteiger partial charge on any atom is -0.367 e. The zero-order chi connectivity index (χ0) is 13.1. The molecule has 0 spiro atoms. The summed E-state index contributed by atoms with van der Waals surface area (Å²) in [5.41, 5.74) is 4.02. The maximum Gasteiger partial charge on any atom is 0.119 e. The highest BCUT2D eigenvalue weighted by molar-refractivity contribution is 5.88. The Bertz CT molecular complexity index is 457. The number of benzene rings is 1. The number of likely N-dealkylation sites (N-methyl/N-ethyl adjacent to an activating group) is 2. The standard InChI is InChI=1S/C15H23N3.ClH/c1-5-18-10-9-16-15(18)11-17(4)14-8-6-7-12(2)13(14)3;/h6-8H,5,9-11H2,1-4H3;1H. The van der Waals surface area contributed by atoms with Crippen molar-refractivity contribution < 1.29 is 0 Å². The van der Waals surface area contributed by atoms with Crippen LogP contribution < -0.4 is 4.90 Å². The van der Waals surface area contributed by atoms with E-state index in [-0.39, 0.29) is 12.4 Å². The molecule has 0 saturated carbocycles. The summed E-state index contributed by atoms with van der Waals surface area (Å²) < 4.78 is 0. The van der Waals surface area contributed by atoms with E-state index in [1.165, 1.54) is 22.6 Å². The van der Waals surface area contributed by atoms with Crippen LogP contribution in [0.3, 0.4) is 0 Å². The van der Waals surface area contributed by atoms with Gasteiger partial charge in [-0.25, -0.2) is 0 Å². The Hall–Kier alpha value is -1.22. The van der Waals surface area contributed by atoms with E-state index in [1.54, 1.807) is 0 Å². The number of amidine groups is 1. The summed E-state index contributed by atoms with van der Waals surface area (Å²) in [6, 6.07) is 6.48. The molecule has 0 fully saturated rings. The lowest BCUT2D eigenvalue weighted by molar-refractivity contribution is 0.477. The highest BCUT2D eigenvalue weighted by atomic mass is 35.5. The highest BCUT2D eigenvalue weighted by Gasteiger charge is 2.17. The van der Waals surface area contributed by atoms with Gasteiger partial charge in [-0.2, -0.15) is 0 Å². The molecule has 1 aliphatic rings. The molecule has 0 saturated heterocycles. The van der Waals surface area contributed by atoms with E-state index in [0.717, 1.165) is 26.2 Å². The zero-order valence-corrected chi connectivity index (χ0v) is 13.1. The Kier molecular flexibility index (Phi) is 5.67. The second-order valence-electron chi connectivity index (χ2n) is 4.95. The molecular formula is C15H24ClN3. The van der Waals surface area contributed by atoms with E-state index in [0.29, 0.717) is 0 Å². The van der Waals surface area contributed by atoms with Crippen molar-refractivity contribution in [2.45, 2.75) is 20.8 Å². The normalized spacial score (nSPS) is 14.1. The number of rotatable bonds is 4. The number of hydrogen-bond acceptors (Lipinski definition) is 3. The molecule has 106 valence electrons. The van der Waals surface area contributed by atoms with E-state index in [1.807, 2.05) is 0 Å². The van der Waals surface area contributed by atoms with Crippen LogP contribution in [-0.4, -0.2) is 44.0 Å². The molecule has 1 aliphatic heterocycles. The quantitative estimate of drug-likeness (QED) is 0.845. The molecule has 19 heavy (non-hydrogen) atoms. The molecule has 0 atom stereocenters. The van der Waals surface area contributed by atoms with Crippen molar-refractivity contribution >= 4 is 23.9 Å². The molecular weight excluding hydrogens is 258 g/mol. The average molecular weight is 282 g/mol. The maximum absolute atomic E-state index is 4.61. The summed E-state index contributed by atoms with van der Waals surface area (Å²) in [5.74, 6) is 1.22. The van der Waals surface area contributed by atoms with Gasteiger partial charge in [-0.15, -0.1) is 12.4 Å². The Morgan fingerprint density at radius 1 is 1.32 bits per heavy atom. The van der Waals surface area contributed by atoms with Crippen molar-refractivity contribution in [1.29, 1.82) is 0 Å². The SMILES string of the molecule is CCN1CCN=C1CN(C)c1cccc(C)c1C.Cl. The number of hydrogen-bond donors (Lipinski definition) is 0. The van der Waals surface area contributed by atoms with E-state index in [9.17, 15) is 0 Å². The third kappa shape index (κ3) is 3.41. The molecule has 0 aromatic heterocycles. The minimum absolute atomic E-state index is 0. The maximum atomic E-state index is 4.61. The molecule has 0 unspecified atom stereocenters. The summed E-state index contributed by atoms with van der Waals surface area (Å²) in [7, 11) is 2.15. The third-order valence-electron chi connectivity index (χ3n) is 3.78. The smallest absolute Gasteiger partial charge is 0.119 e. The Morgan fingerprint density at radius 2 is 2.05 bits per heavy atom. The van der Waals surface area contributed by atoms with Crippen molar-refractivity contribution in [3.05, 3.63) is 29.3 Å². The van der Waals surface area contributed by atoms with E-state index >= 15 is 0 Å². The second kappa shape index (κ2) is 6.80. The Balaban J connectivity index is 0.00000180. The Labute approximate surface area is 122 Å². The van der Waals surface area contributed by atoms with Crippen LogP contribution in [0.2, 0.25) is 0 Å². The molecule has 0 amide bonds. The first kappa shape index (κ1) is 15.8. The van der Waals surface area contributed by atoms with Crippen LogP contribution in [0.4, 0.5) is 5.69 Å². The van der Waals surface area contributed by atoms with Crippen LogP contribution in [0.5, 0.6) is 0 Å². The molecule has 0 aliphatic carbocycles. The number of aliphatic imine (C=N–C) groups is 1. The van der Waals surface area contributed by atoms with Gasteiger partial charge in [0.25, 0.3) is 0 Å². The fourth-order valence-electron chi connectivity index (χ4n) is 2.47. The van der Waals surface area contributed by atoms with Gasteiger partial charge in [-0.1, -0.05) is 12.1 Å². The van der Waals surface area contributed by atoms with Crippen molar-refractivity contribution in [3.63, 3.8) is 0 Å². The monoisotopic (exact) mass is 281 g/mol. The van der Waals surface area contributed by atoms with Gasteiger partial charge in [0.05, 0.1) is 13.1 Å². The average Bonchev–Trinajstić information content (AvgIpc) is 2.79. The predicted octanol–water partition coefficient (Wildman–Crippen LogP) is 2.90. The largest absolute Gasteiger partial charge is 0.367 e. The van der Waals surface area contributed by atoms with E-state index in [4.69, 9.17) is 0 Å². The molecule has 1 aromatic carbocycles. The zero-order valence-electron chi connectivity index (χ0n) is 12.3. The van der Waals surface area contributed by atoms with Gasteiger partial charge >= 0.3 is 0 Å². The molecule has 4 heteroatoms. The lowest BCUT2D eigenvalue weighted by Crippen LogP contribution is -2.36. The fraction of sp³-hybridized carbons (Fsp3) is 0.533. The van der Waals surface area contributed by atoms with Crippen molar-refractivity contribution in [2.24, 2.45) is 4.99 Å². The van der Waals surface area contributed by atoms with E-state index < -0.39 is 0 Å². The molecule has 1 aromatic rings. The van der Waals surface area contributed by atoms with Crippen LogP contribution in [-0.2, 0) is 0 Å². The molecule has 0 radical (unpaired) electrons. The number of halogens is 1. The fourth-order valence-corrected chi connectivity index (χ4v) is 2.47. The van der Waals surface area contributed by atoms with Crippen LogP contribution in [0.15, 0.2) is 23.2 Å². The molecule has 1 heterocycles. The van der Waals surface area contributed by atoms with Gasteiger partial charge in [0, 0.05) is 25.8 Å². The molecule has 2 rings (SSSR count). The van der Waals surface area contributed by atoms with Crippen molar-refractivity contribution in [1.82, 2.24) is 4.90 Å². The predicted molar refractivity (Wildman–Crippen MR) is 86.0 cm³/mol. The first-order chi connectivity index (χ1) is 8.63. The van der Waals surface area contributed by atoms with E-state index in [2.05, 4.69) is 60.8 Å². The first-order valence-corrected chi connectivity index (χ1v) is 6.69. The molecule has 0 N–H and O–H groups in total. The summed E-state index contributed by atoms with van der Waals surface area (Å²) in [6.45, 7) is 10.5. The minimum atomic E-state index is 0. The number of nitrogens with zero attached hydrogens (tertiary/aromatic N) is 3. The lowest BCUT2D eigenvalue weighted by atomic mass is 10.1. The van der Waals surface area contributed by atoms with Crippen LogP contribution in [0.1, 0.15) is 18.1 Å². The van der Waals surface area contributed by atoms with Gasteiger partial charge in [-0.3, -0.25) is 4.99 Å². The summed E-state index contributed by atoms with van der Waals surface area (Å²) in [5, 5.41) is 0. The molecule has 3 nitrogen and oxygen atoms in total. The summed E-state index contributed by atoms with van der Waals surface area (Å²) in [4.78, 5) is 9.27. The molecule has 0 bridgehead atoms. The van der Waals surface area contributed by atoms with Gasteiger partial charge in [0.1, 0.15) is 5.84 Å². The van der Waals surface area contributed by atoms with Crippen molar-refractivity contribution in [3.8, 4) is 0 Å². The number of aryl methyl sites for hydroxylation is 1. The number of anilines is 1. The van der Waals surface area contributed by atoms with Gasteiger partial charge in [0.15, 0.2) is 0 Å². The van der Waals surface area contributed by atoms with Gasteiger partial charge in [-0.05, 0) is 38.0 Å². The van der Waals surface area contributed by atoms with Crippen LogP contribution in [0, 0.1) is 13.8 Å². The summed E-state index contributed by atoms with van der Waals surface area (Å²) in [6.07, 6.45) is 0. The topological polar surface area (TPSA) is 18.8 Å². The third-order valence-corrected chi connectivity index (χ3v) is 3.78. The Morgan fingerprint density at radius 3 is 2.74 bits per heavy atom. The van der Waals surface area contributed by atoms with Gasteiger partial charge < -0.3 is 9.80 Å². The van der Waals surface area contributed by atoms with Crippen molar-refractivity contribution in [2.75, 3.05) is 38.1 Å². The highest BCUT2D eigenvalue weighted by Crippen LogP contribution is 2.21. The summed E-state index contributed by atoms with van der Waals surface area (Å²) >= 11 is 0. The van der Waals surface area contributed by atoms with Crippen LogP contribution in [0.25, 0.3) is 0 Å². The van der Waals surface area contributed by atoms with Gasteiger partial charge in [0.2, 0.25) is 0 Å². The first-order valence-electron chi connectivity index (χ1n) is 6.69. The van der Waals surface area contributed by atoms with Crippen LogP contribution >= 0.6 is 12.4 Å².